The van der Waals surface area contributed by atoms with Gasteiger partial charge < -0.3 is 19.7 Å². The van der Waals surface area contributed by atoms with Crippen molar-refractivity contribution in [2.75, 3.05) is 33.2 Å². The number of hydrazine groups is 1. The van der Waals surface area contributed by atoms with E-state index in [4.69, 9.17) is 32.7 Å². The summed E-state index contributed by atoms with van der Waals surface area (Å²) in [5, 5.41) is 4.20. The third-order valence-electron chi connectivity index (χ3n) is 6.70. The van der Waals surface area contributed by atoms with Crippen molar-refractivity contribution in [3.05, 3.63) is 51.5 Å². The van der Waals surface area contributed by atoms with Gasteiger partial charge in [-0.15, -0.1) is 0 Å². The summed E-state index contributed by atoms with van der Waals surface area (Å²) in [6, 6.07) is 9.47. The van der Waals surface area contributed by atoms with Gasteiger partial charge >= 0.3 is 0 Å². The molecule has 1 amide bonds. The van der Waals surface area contributed by atoms with Crippen LogP contribution in [0.1, 0.15) is 41.1 Å². The van der Waals surface area contributed by atoms with Crippen LogP contribution in [-0.4, -0.2) is 46.4 Å². The zero-order chi connectivity index (χ0) is 23.7. The number of rotatable bonds is 6. The summed E-state index contributed by atoms with van der Waals surface area (Å²) in [6.07, 6.45) is 2.48. The van der Waals surface area contributed by atoms with E-state index in [-0.39, 0.29) is 30.0 Å². The number of hydrogen-bond acceptors (Lipinski definition) is 6. The van der Waals surface area contributed by atoms with Crippen LogP contribution >= 0.6 is 23.2 Å². The Morgan fingerprint density at radius 3 is 2.24 bits per heavy atom. The van der Waals surface area contributed by atoms with Gasteiger partial charge in [0.2, 0.25) is 0 Å². The number of methoxy groups -OCH3 is 2. The topological polar surface area (TPSA) is 74.9 Å². The maximum Gasteiger partial charge on any atom is 0.252 e. The van der Waals surface area contributed by atoms with Crippen molar-refractivity contribution in [2.45, 2.75) is 37.4 Å². The SMILES string of the molecule is COc1cc(OC)c(Cl)c(C2CCC3C(C2)NNC3NC(=O)c2ccc(N(C)C)cc2)c1Cl. The molecule has 1 aliphatic carbocycles. The van der Waals surface area contributed by atoms with Crippen molar-refractivity contribution in [3.63, 3.8) is 0 Å². The van der Waals surface area contributed by atoms with Gasteiger partial charge in [0, 0.05) is 48.9 Å². The average Bonchev–Trinajstić information content (AvgIpc) is 3.21. The molecule has 2 aromatic rings. The molecule has 2 aliphatic rings. The first-order chi connectivity index (χ1) is 15.8. The number of ether oxygens (including phenoxy) is 2. The Balaban J connectivity index is 1.45. The molecular formula is C24H30Cl2N4O3. The number of halogens is 2. The maximum atomic E-state index is 12.8. The Morgan fingerprint density at radius 2 is 1.67 bits per heavy atom. The lowest BCUT2D eigenvalue weighted by Gasteiger charge is -2.34. The second-order valence-electron chi connectivity index (χ2n) is 8.78. The first kappa shape index (κ1) is 24.0. The number of fused-ring (bicyclic) bond motifs is 1. The molecule has 0 spiro atoms. The molecule has 0 aromatic heterocycles. The third-order valence-corrected chi connectivity index (χ3v) is 7.48. The average molecular weight is 493 g/mol. The van der Waals surface area contributed by atoms with E-state index in [9.17, 15) is 4.79 Å². The molecule has 9 heteroatoms. The van der Waals surface area contributed by atoms with Crippen LogP contribution in [0, 0.1) is 5.92 Å². The van der Waals surface area contributed by atoms with E-state index < -0.39 is 0 Å². The van der Waals surface area contributed by atoms with E-state index in [2.05, 4.69) is 16.2 Å². The Hall–Kier alpha value is -2.19. The van der Waals surface area contributed by atoms with Crippen molar-refractivity contribution in [1.82, 2.24) is 16.2 Å². The number of amides is 1. The van der Waals surface area contributed by atoms with Gasteiger partial charge in [0.05, 0.1) is 30.4 Å². The van der Waals surface area contributed by atoms with Crippen molar-refractivity contribution in [2.24, 2.45) is 5.92 Å². The summed E-state index contributed by atoms with van der Waals surface area (Å²) in [7, 11) is 7.11. The Bertz CT molecular complexity index is 988. The van der Waals surface area contributed by atoms with Gasteiger partial charge in [-0.25, -0.2) is 5.43 Å². The first-order valence-corrected chi connectivity index (χ1v) is 11.8. The Labute approximate surface area is 204 Å². The van der Waals surface area contributed by atoms with E-state index in [0.717, 1.165) is 30.5 Å². The molecule has 4 unspecified atom stereocenters. The van der Waals surface area contributed by atoms with E-state index >= 15 is 0 Å². The summed E-state index contributed by atoms with van der Waals surface area (Å²) >= 11 is 13.3. The number of nitrogens with one attached hydrogen (secondary N) is 3. The predicted octanol–water partition coefficient (Wildman–Crippen LogP) is 4.19. The summed E-state index contributed by atoms with van der Waals surface area (Å²) in [5.41, 5.74) is 9.19. The lowest BCUT2D eigenvalue weighted by Crippen LogP contribution is -2.47. The first-order valence-electron chi connectivity index (χ1n) is 11.0. The van der Waals surface area contributed by atoms with Crippen molar-refractivity contribution in [1.29, 1.82) is 0 Å². The quantitative estimate of drug-likeness (QED) is 0.561. The largest absolute Gasteiger partial charge is 0.495 e. The van der Waals surface area contributed by atoms with Gasteiger partial charge in [-0.1, -0.05) is 23.2 Å². The molecule has 1 saturated heterocycles. The number of carbonyl (C=O) groups excluding carboxylic acids is 1. The second kappa shape index (κ2) is 9.97. The van der Waals surface area contributed by atoms with Crippen LogP contribution < -0.4 is 30.5 Å². The molecule has 4 atom stereocenters. The fourth-order valence-electron chi connectivity index (χ4n) is 4.87. The van der Waals surface area contributed by atoms with Crippen LogP contribution in [0.4, 0.5) is 5.69 Å². The number of benzene rings is 2. The summed E-state index contributed by atoms with van der Waals surface area (Å²) in [6.45, 7) is 0. The maximum absolute atomic E-state index is 12.8. The lowest BCUT2D eigenvalue weighted by atomic mass is 9.75. The van der Waals surface area contributed by atoms with Gasteiger partial charge in [-0.2, -0.15) is 0 Å². The Morgan fingerprint density at radius 1 is 1.03 bits per heavy atom. The highest BCUT2D eigenvalue weighted by atomic mass is 35.5. The molecule has 4 rings (SSSR count). The predicted molar refractivity (Wildman–Crippen MR) is 132 cm³/mol. The standard InChI is InChI=1S/C24H30Cl2N4O3/c1-30(2)15-8-5-13(6-9-15)24(31)27-23-16-10-7-14(11-17(16)28-29-23)20-21(25)18(32-3)12-19(33-4)22(20)26/h5-6,8-9,12,14,16-17,23,28-29H,7,10-11H2,1-4H3,(H,27,31). The molecular weight excluding hydrogens is 463 g/mol. The number of nitrogens with zero attached hydrogens (tertiary/aromatic N) is 1. The molecule has 178 valence electrons. The Kier molecular flexibility index (Phi) is 7.24. The number of hydrogen-bond donors (Lipinski definition) is 3. The molecule has 0 bridgehead atoms. The molecule has 0 radical (unpaired) electrons. The lowest BCUT2D eigenvalue weighted by molar-refractivity contribution is 0.0915. The summed E-state index contributed by atoms with van der Waals surface area (Å²) in [5.74, 6) is 1.43. The molecule has 1 aliphatic heterocycles. The van der Waals surface area contributed by atoms with Crippen molar-refractivity contribution < 1.29 is 14.3 Å². The minimum Gasteiger partial charge on any atom is -0.495 e. The van der Waals surface area contributed by atoms with Crippen LogP contribution in [-0.2, 0) is 0 Å². The van der Waals surface area contributed by atoms with Gasteiger partial charge in [-0.05, 0) is 49.4 Å². The number of carbonyl (C=O) groups is 1. The van der Waals surface area contributed by atoms with Gasteiger partial charge in [0.25, 0.3) is 5.91 Å². The molecule has 2 fully saturated rings. The zero-order valence-corrected chi connectivity index (χ0v) is 20.8. The highest BCUT2D eigenvalue weighted by Gasteiger charge is 2.42. The minimum absolute atomic E-state index is 0.0917. The number of anilines is 1. The third kappa shape index (κ3) is 4.73. The molecule has 3 N–H and O–H groups in total. The summed E-state index contributed by atoms with van der Waals surface area (Å²) in [4.78, 5) is 14.8. The van der Waals surface area contributed by atoms with Crippen LogP contribution in [0.2, 0.25) is 10.0 Å². The van der Waals surface area contributed by atoms with Crippen molar-refractivity contribution in [3.8, 4) is 11.5 Å². The van der Waals surface area contributed by atoms with Crippen LogP contribution in [0.15, 0.2) is 30.3 Å². The normalized spacial score (nSPS) is 24.2. The van der Waals surface area contributed by atoms with Crippen LogP contribution in [0.5, 0.6) is 11.5 Å². The van der Waals surface area contributed by atoms with E-state index in [1.807, 2.05) is 43.3 Å². The molecule has 2 aromatic carbocycles. The smallest absolute Gasteiger partial charge is 0.252 e. The van der Waals surface area contributed by atoms with Gasteiger partial charge in [0.15, 0.2) is 0 Å². The van der Waals surface area contributed by atoms with E-state index in [0.29, 0.717) is 27.1 Å². The highest BCUT2D eigenvalue weighted by molar-refractivity contribution is 6.38. The molecule has 1 heterocycles. The van der Waals surface area contributed by atoms with Crippen LogP contribution in [0.3, 0.4) is 0 Å². The van der Waals surface area contributed by atoms with Gasteiger partial charge in [-0.3, -0.25) is 10.2 Å². The molecule has 1 saturated carbocycles. The van der Waals surface area contributed by atoms with E-state index in [1.54, 1.807) is 20.3 Å². The highest BCUT2D eigenvalue weighted by Crippen LogP contribution is 2.49. The fourth-order valence-corrected chi connectivity index (χ4v) is 5.68. The van der Waals surface area contributed by atoms with Crippen LogP contribution in [0.25, 0.3) is 0 Å². The minimum atomic E-state index is -0.150. The second-order valence-corrected chi connectivity index (χ2v) is 9.54. The van der Waals surface area contributed by atoms with Crippen molar-refractivity contribution >= 4 is 34.8 Å². The van der Waals surface area contributed by atoms with Gasteiger partial charge in [0.1, 0.15) is 11.5 Å². The summed E-state index contributed by atoms with van der Waals surface area (Å²) < 4.78 is 10.9. The molecule has 7 nitrogen and oxygen atoms in total. The zero-order valence-electron chi connectivity index (χ0n) is 19.2. The fraction of sp³-hybridized carbons (Fsp3) is 0.458. The molecule has 33 heavy (non-hydrogen) atoms. The monoisotopic (exact) mass is 492 g/mol. The van der Waals surface area contributed by atoms with E-state index in [1.165, 1.54) is 0 Å².